The molecular formula is C20H26N4O3. The van der Waals surface area contributed by atoms with Crippen LogP contribution in [0.4, 0.5) is 0 Å². The van der Waals surface area contributed by atoms with Gasteiger partial charge in [-0.2, -0.15) is 0 Å². The lowest BCUT2D eigenvalue weighted by atomic mass is 10.1. The van der Waals surface area contributed by atoms with Crippen molar-refractivity contribution in [2.75, 3.05) is 20.3 Å². The van der Waals surface area contributed by atoms with Crippen molar-refractivity contribution in [3.05, 3.63) is 53.1 Å². The molecule has 7 heteroatoms. The first kappa shape index (κ1) is 19.1. The van der Waals surface area contributed by atoms with Crippen LogP contribution in [0.25, 0.3) is 0 Å². The molecule has 0 saturated heterocycles. The lowest BCUT2D eigenvalue weighted by Crippen LogP contribution is -2.30. The molecule has 7 nitrogen and oxygen atoms in total. The summed E-state index contributed by atoms with van der Waals surface area (Å²) in [4.78, 5) is 29.8. The molecule has 2 heterocycles. The first-order valence-corrected chi connectivity index (χ1v) is 9.34. The van der Waals surface area contributed by atoms with Gasteiger partial charge < -0.3 is 19.9 Å². The number of fused-ring (bicyclic) bond motifs is 1. The van der Waals surface area contributed by atoms with Gasteiger partial charge >= 0.3 is 0 Å². The number of hydrogen-bond donors (Lipinski definition) is 2. The standard InChI is InChI=1S/C20H26N4O3/c1-14(15-8-4-3-5-9-15)22-19(25)17-16-10-6-7-12-24(16)18(23-17)20(26)21-11-13-27-2/h3-5,8-9,14H,6-7,10-13H2,1-2H3,(H,21,26)(H,22,25). The lowest BCUT2D eigenvalue weighted by molar-refractivity contribution is 0.0921. The summed E-state index contributed by atoms with van der Waals surface area (Å²) in [5, 5.41) is 5.79. The summed E-state index contributed by atoms with van der Waals surface area (Å²) in [6.07, 6.45) is 2.72. The second-order valence-electron chi connectivity index (χ2n) is 6.69. The van der Waals surface area contributed by atoms with Crippen LogP contribution in [-0.2, 0) is 17.7 Å². The average Bonchev–Trinajstić information content (AvgIpc) is 3.09. The van der Waals surface area contributed by atoms with Crippen molar-refractivity contribution in [3.8, 4) is 0 Å². The van der Waals surface area contributed by atoms with Gasteiger partial charge in [-0.15, -0.1) is 0 Å². The lowest BCUT2D eigenvalue weighted by Gasteiger charge is -2.18. The van der Waals surface area contributed by atoms with Crippen LogP contribution in [0.3, 0.4) is 0 Å². The molecule has 27 heavy (non-hydrogen) atoms. The summed E-state index contributed by atoms with van der Waals surface area (Å²) in [7, 11) is 1.58. The number of aromatic nitrogens is 2. The van der Waals surface area contributed by atoms with E-state index in [1.54, 1.807) is 7.11 Å². The van der Waals surface area contributed by atoms with Crippen molar-refractivity contribution in [1.82, 2.24) is 20.2 Å². The Morgan fingerprint density at radius 1 is 1.22 bits per heavy atom. The highest BCUT2D eigenvalue weighted by Gasteiger charge is 2.28. The molecular weight excluding hydrogens is 344 g/mol. The van der Waals surface area contributed by atoms with Crippen LogP contribution >= 0.6 is 0 Å². The Hall–Kier alpha value is -2.67. The SMILES string of the molecule is COCCNC(=O)c1nc(C(=O)NC(C)c2ccccc2)c2n1CCCC2. The first-order valence-electron chi connectivity index (χ1n) is 9.34. The molecule has 0 saturated carbocycles. The van der Waals surface area contributed by atoms with Crippen LogP contribution < -0.4 is 10.6 Å². The fourth-order valence-electron chi connectivity index (χ4n) is 3.33. The van der Waals surface area contributed by atoms with E-state index in [1.807, 2.05) is 41.8 Å². The molecule has 0 aliphatic carbocycles. The smallest absolute Gasteiger partial charge is 0.287 e. The maximum absolute atomic E-state index is 12.9. The molecule has 1 aromatic carbocycles. The molecule has 2 amide bonds. The fourth-order valence-corrected chi connectivity index (χ4v) is 3.33. The minimum absolute atomic E-state index is 0.140. The Morgan fingerprint density at radius 2 is 2.00 bits per heavy atom. The van der Waals surface area contributed by atoms with E-state index in [0.717, 1.165) is 30.5 Å². The van der Waals surface area contributed by atoms with Gasteiger partial charge in [-0.1, -0.05) is 30.3 Å². The van der Waals surface area contributed by atoms with Gasteiger partial charge in [0.05, 0.1) is 18.3 Å². The summed E-state index contributed by atoms with van der Waals surface area (Å²) < 4.78 is 6.85. The van der Waals surface area contributed by atoms with Gasteiger partial charge in [-0.05, 0) is 31.7 Å². The maximum Gasteiger partial charge on any atom is 0.287 e. The summed E-state index contributed by atoms with van der Waals surface area (Å²) >= 11 is 0. The molecule has 0 spiro atoms. The number of carbonyl (C=O) groups is 2. The largest absolute Gasteiger partial charge is 0.383 e. The van der Waals surface area contributed by atoms with Crippen LogP contribution in [0.2, 0.25) is 0 Å². The van der Waals surface area contributed by atoms with Crippen molar-refractivity contribution in [2.24, 2.45) is 0 Å². The van der Waals surface area contributed by atoms with Gasteiger partial charge in [-0.25, -0.2) is 4.98 Å². The highest BCUT2D eigenvalue weighted by molar-refractivity contribution is 5.97. The second kappa shape index (κ2) is 8.81. The average molecular weight is 370 g/mol. The molecule has 2 N–H and O–H groups in total. The molecule has 0 bridgehead atoms. The summed E-state index contributed by atoms with van der Waals surface area (Å²) in [6.45, 7) is 3.48. The van der Waals surface area contributed by atoms with Gasteiger partial charge in [0.25, 0.3) is 11.8 Å². The number of nitrogens with zero attached hydrogens (tertiary/aromatic N) is 2. The van der Waals surface area contributed by atoms with Crippen molar-refractivity contribution < 1.29 is 14.3 Å². The summed E-state index contributed by atoms with van der Waals surface area (Å²) in [6, 6.07) is 9.64. The Morgan fingerprint density at radius 3 is 2.74 bits per heavy atom. The van der Waals surface area contributed by atoms with E-state index in [0.29, 0.717) is 31.2 Å². The van der Waals surface area contributed by atoms with Crippen molar-refractivity contribution in [3.63, 3.8) is 0 Å². The summed E-state index contributed by atoms with van der Waals surface area (Å²) in [5.74, 6) is -0.211. The Bertz CT molecular complexity index is 801. The topological polar surface area (TPSA) is 85.2 Å². The second-order valence-corrected chi connectivity index (χ2v) is 6.69. The van der Waals surface area contributed by atoms with Crippen molar-refractivity contribution in [1.29, 1.82) is 0 Å². The molecule has 1 atom stereocenters. The van der Waals surface area contributed by atoms with E-state index < -0.39 is 0 Å². The Labute approximate surface area is 159 Å². The number of hydrogen-bond acceptors (Lipinski definition) is 4. The van der Waals surface area contributed by atoms with E-state index >= 15 is 0 Å². The molecule has 1 aliphatic rings. The third-order valence-corrected chi connectivity index (χ3v) is 4.77. The normalized spacial score (nSPS) is 14.3. The van der Waals surface area contributed by atoms with Gasteiger partial charge in [0.15, 0.2) is 5.82 Å². The number of carbonyl (C=O) groups excluding carboxylic acids is 2. The van der Waals surface area contributed by atoms with E-state index in [1.165, 1.54) is 0 Å². The molecule has 1 aliphatic heterocycles. The van der Waals surface area contributed by atoms with E-state index in [4.69, 9.17) is 4.74 Å². The summed E-state index contributed by atoms with van der Waals surface area (Å²) in [5.41, 5.74) is 2.22. The predicted molar refractivity (Wildman–Crippen MR) is 102 cm³/mol. The fraction of sp³-hybridized carbons (Fsp3) is 0.450. The van der Waals surface area contributed by atoms with Gasteiger partial charge in [0, 0.05) is 20.2 Å². The Balaban J connectivity index is 1.80. The van der Waals surface area contributed by atoms with E-state index in [2.05, 4.69) is 15.6 Å². The van der Waals surface area contributed by atoms with Crippen LogP contribution in [0.15, 0.2) is 30.3 Å². The molecule has 0 fully saturated rings. The minimum Gasteiger partial charge on any atom is -0.383 e. The number of nitrogens with one attached hydrogen (secondary N) is 2. The van der Waals surface area contributed by atoms with Gasteiger partial charge in [0.1, 0.15) is 5.69 Å². The van der Waals surface area contributed by atoms with E-state index in [-0.39, 0.29) is 17.9 Å². The third-order valence-electron chi connectivity index (χ3n) is 4.77. The molecule has 1 aromatic heterocycles. The predicted octanol–water partition coefficient (Wildman–Crippen LogP) is 2.09. The number of rotatable bonds is 7. The van der Waals surface area contributed by atoms with Crippen LogP contribution in [0, 0.1) is 0 Å². The molecule has 2 aromatic rings. The molecule has 3 rings (SSSR count). The van der Waals surface area contributed by atoms with Crippen LogP contribution in [-0.4, -0.2) is 41.6 Å². The quantitative estimate of drug-likeness (QED) is 0.731. The number of amides is 2. The zero-order valence-electron chi connectivity index (χ0n) is 15.8. The molecule has 0 radical (unpaired) electrons. The number of benzene rings is 1. The molecule has 1 unspecified atom stereocenters. The van der Waals surface area contributed by atoms with Gasteiger partial charge in [-0.3, -0.25) is 9.59 Å². The number of methoxy groups -OCH3 is 1. The minimum atomic E-state index is -0.273. The van der Waals surface area contributed by atoms with E-state index in [9.17, 15) is 9.59 Å². The Kier molecular flexibility index (Phi) is 6.24. The highest BCUT2D eigenvalue weighted by atomic mass is 16.5. The zero-order chi connectivity index (χ0) is 19.2. The highest BCUT2D eigenvalue weighted by Crippen LogP contribution is 2.22. The van der Waals surface area contributed by atoms with Crippen LogP contribution in [0.1, 0.15) is 58.2 Å². The maximum atomic E-state index is 12.9. The number of ether oxygens (including phenoxy) is 1. The van der Waals surface area contributed by atoms with Crippen molar-refractivity contribution in [2.45, 2.75) is 38.8 Å². The van der Waals surface area contributed by atoms with Gasteiger partial charge in [0.2, 0.25) is 0 Å². The monoisotopic (exact) mass is 370 g/mol. The molecule has 144 valence electrons. The number of imidazole rings is 1. The first-order chi connectivity index (χ1) is 13.1. The third kappa shape index (κ3) is 4.36. The van der Waals surface area contributed by atoms with Crippen molar-refractivity contribution >= 4 is 11.8 Å². The zero-order valence-corrected chi connectivity index (χ0v) is 15.8. The van der Waals surface area contributed by atoms with Crippen LogP contribution in [0.5, 0.6) is 0 Å².